The molecule has 0 bridgehead atoms. The van der Waals surface area contributed by atoms with Gasteiger partial charge >= 0.3 is 5.97 Å². The lowest BCUT2D eigenvalue weighted by atomic mass is 9.86. The Kier molecular flexibility index (Phi) is 6.81. The van der Waals surface area contributed by atoms with Crippen LogP contribution < -0.4 is 0 Å². The van der Waals surface area contributed by atoms with Crippen molar-refractivity contribution in [1.82, 2.24) is 4.98 Å². The van der Waals surface area contributed by atoms with Crippen molar-refractivity contribution in [3.8, 4) is 11.1 Å². The predicted octanol–water partition coefficient (Wildman–Crippen LogP) is 3.20. The predicted molar refractivity (Wildman–Crippen MR) is 123 cm³/mol. The maximum absolute atomic E-state index is 13.8. The van der Waals surface area contributed by atoms with Gasteiger partial charge in [-0.2, -0.15) is 0 Å². The summed E-state index contributed by atoms with van der Waals surface area (Å²) in [6.45, 7) is -5.76. The molecule has 3 atom stereocenters. The summed E-state index contributed by atoms with van der Waals surface area (Å²) in [7, 11) is 0. The molecule has 2 rings (SSSR count). The van der Waals surface area contributed by atoms with E-state index in [1.165, 1.54) is 18.2 Å². The molecule has 0 saturated carbocycles. The van der Waals surface area contributed by atoms with E-state index in [1.807, 2.05) is 0 Å². The maximum Gasteiger partial charge on any atom is 0.305 e. The summed E-state index contributed by atoms with van der Waals surface area (Å²) in [5.41, 5.74) is 0.0420. The summed E-state index contributed by atoms with van der Waals surface area (Å²) < 4.78 is 61.8. The van der Waals surface area contributed by atoms with Crippen LogP contribution in [0.5, 0.6) is 0 Å². The Morgan fingerprint density at radius 3 is 2.39 bits per heavy atom. The number of rotatable bonds is 11. The largest absolute Gasteiger partial charge is 0.481 e. The first kappa shape index (κ1) is 18.7. The molecule has 33 heavy (non-hydrogen) atoms. The van der Waals surface area contributed by atoms with E-state index in [-0.39, 0.29) is 27.9 Å². The van der Waals surface area contributed by atoms with Crippen molar-refractivity contribution in [1.29, 1.82) is 0 Å². The van der Waals surface area contributed by atoms with Crippen molar-refractivity contribution < 1.29 is 42.9 Å². The average molecular weight is 468 g/mol. The minimum atomic E-state index is -3.09. The molecule has 0 spiro atoms. The zero-order valence-corrected chi connectivity index (χ0v) is 18.1. The summed E-state index contributed by atoms with van der Waals surface area (Å²) >= 11 is 0. The lowest BCUT2D eigenvalue weighted by molar-refractivity contribution is -0.139. The number of carboxylic acids is 1. The number of carboxylic acid groups (broad SMARTS) is 1. The summed E-state index contributed by atoms with van der Waals surface area (Å²) in [5.74, 6) is -4.77. The maximum atomic E-state index is 13.8. The van der Waals surface area contributed by atoms with E-state index in [2.05, 4.69) is 4.98 Å². The number of aliphatic carboxylic acids is 1. The van der Waals surface area contributed by atoms with E-state index in [9.17, 15) is 29.6 Å². The number of aromatic nitrogens is 1. The highest BCUT2D eigenvalue weighted by Crippen LogP contribution is 2.37. The second-order valence-electron chi connectivity index (χ2n) is 7.75. The van der Waals surface area contributed by atoms with Gasteiger partial charge in [-0.05, 0) is 29.2 Å². The molecule has 0 amide bonds. The Morgan fingerprint density at radius 1 is 1.18 bits per heavy atom. The first-order chi connectivity index (χ1) is 18.0. The third-order valence-corrected chi connectivity index (χ3v) is 5.11. The fourth-order valence-corrected chi connectivity index (χ4v) is 3.51. The smallest absolute Gasteiger partial charge is 0.305 e. The van der Waals surface area contributed by atoms with Gasteiger partial charge in [-0.3, -0.25) is 9.78 Å². The lowest BCUT2D eigenvalue weighted by Gasteiger charge is -2.23. The van der Waals surface area contributed by atoms with Crippen LogP contribution in [0.1, 0.15) is 76.0 Å². The Labute approximate surface area is 201 Å². The van der Waals surface area contributed by atoms with Gasteiger partial charge in [-0.25, -0.2) is 4.39 Å². The SMILES string of the molecule is [2H]C([2H])([2H])C(c1nc([C@H](C)CO)c(CO)c(-c2ccc(F)cc2)c1/C=C/[C@H](O)C[C@H](O)CC(=O)O)C([2H])([2H])[2H]. The number of nitrogens with zero attached hydrogens (tertiary/aromatic N) is 1. The van der Waals surface area contributed by atoms with E-state index in [1.54, 1.807) is 6.92 Å². The van der Waals surface area contributed by atoms with Gasteiger partial charge in [0.2, 0.25) is 0 Å². The molecule has 2 aromatic rings. The number of aliphatic hydroxyl groups is 4. The van der Waals surface area contributed by atoms with Crippen molar-refractivity contribution in [3.05, 3.63) is 58.7 Å². The molecule has 7 nitrogen and oxygen atoms in total. The molecule has 1 heterocycles. The number of benzene rings is 1. The molecule has 0 unspecified atom stereocenters. The number of aliphatic hydroxyl groups excluding tert-OH is 4. The highest BCUT2D eigenvalue weighted by molar-refractivity contribution is 5.80. The molecular formula is C25H32FNO6. The third kappa shape index (κ3) is 6.91. The first-order valence-electron chi connectivity index (χ1n) is 13.3. The van der Waals surface area contributed by atoms with Crippen molar-refractivity contribution in [3.63, 3.8) is 0 Å². The Morgan fingerprint density at radius 2 is 1.85 bits per heavy atom. The van der Waals surface area contributed by atoms with Gasteiger partial charge in [0.15, 0.2) is 0 Å². The van der Waals surface area contributed by atoms with Gasteiger partial charge in [-0.15, -0.1) is 0 Å². The van der Waals surface area contributed by atoms with Crippen LogP contribution in [0.3, 0.4) is 0 Å². The molecule has 0 radical (unpaired) electrons. The second-order valence-corrected chi connectivity index (χ2v) is 7.75. The molecule has 0 saturated heterocycles. The van der Waals surface area contributed by atoms with Crippen molar-refractivity contribution >= 4 is 12.0 Å². The van der Waals surface area contributed by atoms with Gasteiger partial charge in [0.1, 0.15) is 5.82 Å². The van der Waals surface area contributed by atoms with E-state index < -0.39 is 81.3 Å². The zero-order valence-electron chi connectivity index (χ0n) is 24.1. The average Bonchev–Trinajstić information content (AvgIpc) is 2.80. The summed E-state index contributed by atoms with van der Waals surface area (Å²) in [6.07, 6.45) is -1.57. The lowest BCUT2D eigenvalue weighted by Crippen LogP contribution is -2.19. The molecule has 1 aromatic heterocycles. The first-order valence-corrected chi connectivity index (χ1v) is 10.3. The van der Waals surface area contributed by atoms with Gasteiger partial charge in [0.25, 0.3) is 0 Å². The Balaban J connectivity index is 2.97. The minimum absolute atomic E-state index is 0.0439. The van der Waals surface area contributed by atoms with Crippen LogP contribution in [0.4, 0.5) is 4.39 Å². The number of pyridine rings is 1. The fraction of sp³-hybridized carbons (Fsp3) is 0.440. The Hall–Kier alpha value is -2.65. The van der Waals surface area contributed by atoms with Crippen LogP contribution in [0.2, 0.25) is 0 Å². The molecule has 0 aliphatic heterocycles. The van der Waals surface area contributed by atoms with Crippen LogP contribution in [0.15, 0.2) is 30.3 Å². The van der Waals surface area contributed by atoms with Crippen molar-refractivity contribution in [2.45, 2.75) is 64.1 Å². The quantitative estimate of drug-likeness (QED) is 0.343. The van der Waals surface area contributed by atoms with Gasteiger partial charge in [-0.1, -0.05) is 44.9 Å². The number of carbonyl (C=O) groups is 1. The van der Waals surface area contributed by atoms with Gasteiger partial charge < -0.3 is 25.5 Å². The van der Waals surface area contributed by atoms with Crippen LogP contribution in [-0.2, 0) is 11.4 Å². The molecule has 180 valence electrons. The van der Waals surface area contributed by atoms with Crippen LogP contribution >= 0.6 is 0 Å². The van der Waals surface area contributed by atoms with Crippen molar-refractivity contribution in [2.24, 2.45) is 0 Å². The Bertz CT molecular complexity index is 1160. The molecule has 5 N–H and O–H groups in total. The summed E-state index contributed by atoms with van der Waals surface area (Å²) in [4.78, 5) is 15.2. The summed E-state index contributed by atoms with van der Waals surface area (Å²) in [5, 5.41) is 49.3. The number of hydrogen-bond acceptors (Lipinski definition) is 6. The van der Waals surface area contributed by atoms with Gasteiger partial charge in [0, 0.05) is 31.7 Å². The van der Waals surface area contributed by atoms with E-state index in [4.69, 9.17) is 13.3 Å². The van der Waals surface area contributed by atoms with E-state index >= 15 is 0 Å². The van der Waals surface area contributed by atoms with Crippen molar-refractivity contribution in [2.75, 3.05) is 6.61 Å². The van der Waals surface area contributed by atoms with Crippen LogP contribution in [0, 0.1) is 5.82 Å². The molecule has 0 aliphatic rings. The molecule has 0 aliphatic carbocycles. The molecule has 1 aromatic carbocycles. The third-order valence-electron chi connectivity index (χ3n) is 5.11. The van der Waals surface area contributed by atoms with Crippen LogP contribution in [0.25, 0.3) is 17.2 Å². The van der Waals surface area contributed by atoms with Crippen LogP contribution in [-0.4, -0.2) is 55.3 Å². The van der Waals surface area contributed by atoms with E-state index in [0.29, 0.717) is 0 Å². The fourth-order valence-electron chi connectivity index (χ4n) is 3.51. The standard InChI is InChI=1S/C25H32FNO6/c1-14(2)24-20(9-8-18(30)10-19(31)11-22(32)33)23(16-4-6-17(26)7-5-16)21(13-29)25(27-24)15(3)12-28/h4-9,14-15,18-19,28-31H,10-13H2,1-3H3,(H,32,33)/b9-8+/t15-,18+,19+/m1/s1/i1D3,2D3. The molecule has 0 fully saturated rings. The topological polar surface area (TPSA) is 131 Å². The number of hydrogen-bond donors (Lipinski definition) is 5. The normalized spacial score (nSPS) is 18.0. The molecule has 8 heteroatoms. The highest BCUT2D eigenvalue weighted by atomic mass is 19.1. The second kappa shape index (κ2) is 12.0. The summed E-state index contributed by atoms with van der Waals surface area (Å²) in [6, 6.07) is 4.90. The van der Waals surface area contributed by atoms with Gasteiger partial charge in [0.05, 0.1) is 43.2 Å². The number of halogens is 1. The molecular weight excluding hydrogens is 429 g/mol. The highest BCUT2D eigenvalue weighted by Gasteiger charge is 2.24. The monoisotopic (exact) mass is 467 g/mol. The zero-order chi connectivity index (χ0) is 29.7. The van der Waals surface area contributed by atoms with E-state index in [0.717, 1.165) is 18.2 Å². The minimum Gasteiger partial charge on any atom is -0.481 e.